The number of hydrogen-bond donors (Lipinski definition) is 0. The van der Waals surface area contributed by atoms with E-state index in [0.717, 1.165) is 44.9 Å². The Hall–Kier alpha value is -1.65. The molecule has 0 aromatic rings. The lowest BCUT2D eigenvalue weighted by Crippen LogP contribution is -2.58. The van der Waals surface area contributed by atoms with Crippen LogP contribution >= 0.6 is 0 Å². The van der Waals surface area contributed by atoms with Gasteiger partial charge in [-0.25, -0.2) is 0 Å². The molecule has 8 atom stereocenters. The van der Waals surface area contributed by atoms with Crippen LogP contribution in [0.25, 0.3) is 0 Å². The molecule has 1 aliphatic heterocycles. The first-order chi connectivity index (χ1) is 17.1. The van der Waals surface area contributed by atoms with Crippen molar-refractivity contribution in [2.45, 2.75) is 125 Å². The summed E-state index contributed by atoms with van der Waals surface area (Å²) in [6.07, 6.45) is 9.90. The highest BCUT2D eigenvalue weighted by Crippen LogP contribution is 2.75. The van der Waals surface area contributed by atoms with E-state index in [1.165, 1.54) is 12.5 Å². The summed E-state index contributed by atoms with van der Waals surface area (Å²) in [4.78, 5) is 38.8. The van der Waals surface area contributed by atoms with Gasteiger partial charge in [0.25, 0.3) is 0 Å². The second-order valence-electron chi connectivity index (χ2n) is 14.9. The average Bonchev–Trinajstić information content (AvgIpc) is 3.20. The number of carbonyl (C=O) groups is 3. The molecule has 37 heavy (non-hydrogen) atoms. The van der Waals surface area contributed by atoms with Crippen LogP contribution in [0, 0.1) is 45.3 Å². The fraction of sp³-hybridized carbons (Fsp3) is 0.844. The first-order valence-electron chi connectivity index (χ1n) is 14.8. The normalized spacial score (nSPS) is 44.8. The first-order valence-corrected chi connectivity index (χ1v) is 14.8. The zero-order chi connectivity index (χ0) is 27.2. The van der Waals surface area contributed by atoms with E-state index < -0.39 is 11.0 Å². The summed E-state index contributed by atoms with van der Waals surface area (Å²) in [5.74, 6) is 1.33. The lowest BCUT2D eigenvalue weighted by Gasteiger charge is -2.61. The number of allylic oxidation sites excluding steroid dienone is 2. The maximum Gasteiger partial charge on any atom is 0.313 e. The summed E-state index contributed by atoms with van der Waals surface area (Å²) in [7, 11) is 0. The third-order valence-corrected chi connectivity index (χ3v) is 12.1. The van der Waals surface area contributed by atoms with Gasteiger partial charge in [0.1, 0.15) is 17.5 Å². The topological polar surface area (TPSA) is 69.7 Å². The van der Waals surface area contributed by atoms with Crippen LogP contribution in [0.2, 0.25) is 0 Å². The minimum atomic E-state index is -0.629. The Morgan fingerprint density at radius 2 is 1.76 bits per heavy atom. The fourth-order valence-corrected chi connectivity index (χ4v) is 10.5. The second kappa shape index (κ2) is 8.42. The summed E-state index contributed by atoms with van der Waals surface area (Å²) >= 11 is 0. The molecule has 4 aliphatic carbocycles. The van der Waals surface area contributed by atoms with Crippen LogP contribution in [-0.2, 0) is 23.9 Å². The van der Waals surface area contributed by atoms with Gasteiger partial charge >= 0.3 is 11.9 Å². The summed E-state index contributed by atoms with van der Waals surface area (Å²) in [6.45, 7) is 16.9. The van der Waals surface area contributed by atoms with Gasteiger partial charge in [-0.2, -0.15) is 0 Å². The Morgan fingerprint density at radius 1 is 1.05 bits per heavy atom. The quantitative estimate of drug-likeness (QED) is 0.298. The predicted octanol–water partition coefficient (Wildman–Crippen LogP) is 6.82. The molecule has 0 radical (unpaired) electrons. The van der Waals surface area contributed by atoms with E-state index >= 15 is 0 Å². The molecular weight excluding hydrogens is 464 g/mol. The van der Waals surface area contributed by atoms with Crippen LogP contribution in [0.1, 0.15) is 113 Å². The van der Waals surface area contributed by atoms with Crippen molar-refractivity contribution >= 4 is 17.7 Å². The molecule has 1 heterocycles. The molecule has 206 valence electrons. The van der Waals surface area contributed by atoms with Crippen LogP contribution < -0.4 is 0 Å². The molecule has 5 rings (SSSR count). The highest BCUT2D eigenvalue weighted by atomic mass is 16.6. The van der Waals surface area contributed by atoms with Gasteiger partial charge in [-0.1, -0.05) is 53.2 Å². The lowest BCUT2D eigenvalue weighted by molar-refractivity contribution is -0.164. The molecule has 3 saturated carbocycles. The molecule has 5 aliphatic rings. The molecule has 0 amide bonds. The third-order valence-electron chi connectivity index (χ3n) is 12.1. The van der Waals surface area contributed by atoms with E-state index in [1.807, 2.05) is 0 Å². The van der Waals surface area contributed by atoms with Crippen molar-refractivity contribution in [3.63, 3.8) is 0 Å². The van der Waals surface area contributed by atoms with Crippen molar-refractivity contribution in [1.29, 1.82) is 0 Å². The van der Waals surface area contributed by atoms with Gasteiger partial charge in [-0.05, 0) is 80.5 Å². The minimum absolute atomic E-state index is 0.0204. The van der Waals surface area contributed by atoms with Crippen LogP contribution in [0.4, 0.5) is 0 Å². The van der Waals surface area contributed by atoms with Crippen LogP contribution in [0.5, 0.6) is 0 Å². The highest BCUT2D eigenvalue weighted by Gasteiger charge is 2.76. The smallest absolute Gasteiger partial charge is 0.313 e. The number of Topliss-reactive ketones (excluding diaryl/α,β-unsaturated/α-hetero) is 1. The van der Waals surface area contributed by atoms with E-state index in [2.05, 4.69) is 54.5 Å². The Balaban J connectivity index is 1.50. The van der Waals surface area contributed by atoms with Gasteiger partial charge in [0.05, 0.1) is 5.41 Å². The minimum Gasteiger partial charge on any atom is -0.462 e. The molecule has 0 aromatic carbocycles. The standard InChI is InChI=1S/C32H48O5/c1-19(2)17-21(36-20(3)33)18-31(8)25-12-15-30(7)23-9-10-24-28(4,5)26(34)13-14-29(24,6)22(23)11-16-32(25,30)27(35)37-31/h11,19,21,23-25H,9-10,12-18H2,1-8H3/t21?,23-,24+,25-,29-,30+,31?,32-/m1/s1. The average molecular weight is 513 g/mol. The number of rotatable bonds is 5. The number of esters is 2. The number of ether oxygens (including phenoxy) is 2. The van der Waals surface area contributed by atoms with Crippen molar-refractivity contribution in [2.75, 3.05) is 0 Å². The molecular formula is C32H48O5. The number of fused-ring (bicyclic) bond motifs is 4. The fourth-order valence-electron chi connectivity index (χ4n) is 10.5. The van der Waals surface area contributed by atoms with E-state index in [4.69, 9.17) is 9.47 Å². The van der Waals surface area contributed by atoms with E-state index in [0.29, 0.717) is 36.4 Å². The predicted molar refractivity (Wildman–Crippen MR) is 142 cm³/mol. The molecule has 2 unspecified atom stereocenters. The van der Waals surface area contributed by atoms with Crippen LogP contribution in [0.3, 0.4) is 0 Å². The second-order valence-corrected chi connectivity index (χ2v) is 14.9. The largest absolute Gasteiger partial charge is 0.462 e. The van der Waals surface area contributed by atoms with Gasteiger partial charge < -0.3 is 9.47 Å². The van der Waals surface area contributed by atoms with Crippen molar-refractivity contribution in [1.82, 2.24) is 0 Å². The number of ketones is 1. The van der Waals surface area contributed by atoms with E-state index in [1.54, 1.807) is 0 Å². The van der Waals surface area contributed by atoms with Gasteiger partial charge in [0.15, 0.2) is 0 Å². The number of cyclic esters (lactones) is 1. The van der Waals surface area contributed by atoms with Gasteiger partial charge in [-0.3, -0.25) is 14.4 Å². The summed E-state index contributed by atoms with van der Waals surface area (Å²) in [5, 5.41) is 0. The van der Waals surface area contributed by atoms with Gasteiger partial charge in [0, 0.05) is 31.1 Å². The molecule has 1 spiro atoms. The van der Waals surface area contributed by atoms with Crippen molar-refractivity contribution in [2.24, 2.45) is 45.3 Å². The van der Waals surface area contributed by atoms with Gasteiger partial charge in [-0.15, -0.1) is 0 Å². The molecule has 0 N–H and O–H groups in total. The number of hydrogen-bond acceptors (Lipinski definition) is 5. The Labute approximate surface area is 223 Å². The van der Waals surface area contributed by atoms with Crippen LogP contribution in [-0.4, -0.2) is 29.4 Å². The maximum absolute atomic E-state index is 14.0. The maximum atomic E-state index is 14.0. The molecule has 0 aromatic heterocycles. The summed E-state index contributed by atoms with van der Waals surface area (Å²) in [5.41, 5.74) is -0.0394. The molecule has 5 heteroatoms. The van der Waals surface area contributed by atoms with Crippen molar-refractivity contribution in [3.05, 3.63) is 11.6 Å². The van der Waals surface area contributed by atoms with Crippen molar-refractivity contribution in [3.8, 4) is 0 Å². The summed E-state index contributed by atoms with van der Waals surface area (Å²) < 4.78 is 12.1. The number of carbonyl (C=O) groups excluding carboxylic acids is 3. The van der Waals surface area contributed by atoms with Gasteiger partial charge in [0.2, 0.25) is 0 Å². The Morgan fingerprint density at radius 3 is 2.41 bits per heavy atom. The third kappa shape index (κ3) is 3.57. The zero-order valence-corrected chi connectivity index (χ0v) is 24.4. The summed E-state index contributed by atoms with van der Waals surface area (Å²) in [6, 6.07) is 0. The molecule has 1 saturated heterocycles. The Bertz CT molecular complexity index is 1040. The van der Waals surface area contributed by atoms with E-state index in [9.17, 15) is 14.4 Å². The monoisotopic (exact) mass is 512 g/mol. The Kier molecular flexibility index (Phi) is 6.13. The zero-order valence-electron chi connectivity index (χ0n) is 24.4. The molecule has 5 nitrogen and oxygen atoms in total. The molecule has 0 bridgehead atoms. The van der Waals surface area contributed by atoms with E-state index in [-0.39, 0.29) is 40.2 Å². The SMILES string of the molecule is CC(=O)OC(CC(C)C)CC1(C)OC(=O)[C@]23CC=C4[C@@H](CC[C@H]5C(C)(C)C(=O)CC[C@]45C)[C@]2(C)CC[C@H]13. The highest BCUT2D eigenvalue weighted by molar-refractivity contribution is 5.86. The lowest BCUT2D eigenvalue weighted by atomic mass is 9.41. The van der Waals surface area contributed by atoms with Crippen LogP contribution in [0.15, 0.2) is 11.6 Å². The first kappa shape index (κ1) is 26.9. The molecule has 4 fully saturated rings. The van der Waals surface area contributed by atoms with Crippen molar-refractivity contribution < 1.29 is 23.9 Å².